The van der Waals surface area contributed by atoms with Gasteiger partial charge < -0.3 is 20.1 Å². The Labute approximate surface area is 187 Å². The van der Waals surface area contributed by atoms with Crippen LogP contribution in [0.5, 0.6) is 11.5 Å². The highest BCUT2D eigenvalue weighted by molar-refractivity contribution is 14.1. The first-order valence-corrected chi connectivity index (χ1v) is 10.2. The van der Waals surface area contributed by atoms with Crippen molar-refractivity contribution in [3.63, 3.8) is 0 Å². The van der Waals surface area contributed by atoms with Gasteiger partial charge in [0.2, 0.25) is 0 Å². The first kappa shape index (κ1) is 21.6. The molecule has 1 saturated heterocycles. The third-order valence-electron chi connectivity index (χ3n) is 4.05. The summed E-state index contributed by atoms with van der Waals surface area (Å²) in [6.07, 6.45) is 1.54. The van der Waals surface area contributed by atoms with Crippen molar-refractivity contribution in [3.05, 3.63) is 56.8 Å². The second-order valence-electron chi connectivity index (χ2n) is 6.43. The maximum absolute atomic E-state index is 12.2. The van der Waals surface area contributed by atoms with E-state index in [0.29, 0.717) is 32.9 Å². The van der Waals surface area contributed by atoms with E-state index >= 15 is 0 Å². The van der Waals surface area contributed by atoms with Gasteiger partial charge in [-0.25, -0.2) is 4.79 Å². The van der Waals surface area contributed by atoms with Gasteiger partial charge in [0.25, 0.3) is 11.8 Å². The number of ether oxygens (including phenoxy) is 2. The van der Waals surface area contributed by atoms with Crippen LogP contribution in [0, 0.1) is 10.5 Å². The van der Waals surface area contributed by atoms with Crippen LogP contribution >= 0.6 is 22.6 Å². The molecule has 2 aromatic carbocycles. The van der Waals surface area contributed by atoms with Gasteiger partial charge in [-0.2, -0.15) is 0 Å². The number of aryl methyl sites for hydroxylation is 1. The first-order valence-electron chi connectivity index (χ1n) is 9.15. The van der Waals surface area contributed by atoms with E-state index in [2.05, 4.69) is 38.5 Å². The number of hydrogen-bond acceptors (Lipinski definition) is 5. The zero-order valence-corrected chi connectivity index (χ0v) is 18.5. The monoisotopic (exact) mass is 521 g/mol. The van der Waals surface area contributed by atoms with Crippen LogP contribution in [0.25, 0.3) is 6.08 Å². The van der Waals surface area contributed by atoms with Crippen molar-refractivity contribution in [3.8, 4) is 11.5 Å². The van der Waals surface area contributed by atoms with E-state index in [9.17, 15) is 14.4 Å². The normalized spacial score (nSPS) is 14.3. The van der Waals surface area contributed by atoms with Crippen molar-refractivity contribution in [1.29, 1.82) is 0 Å². The molecule has 0 saturated carbocycles. The van der Waals surface area contributed by atoms with Crippen molar-refractivity contribution in [2.75, 3.05) is 18.5 Å². The van der Waals surface area contributed by atoms with Gasteiger partial charge in [-0.05, 0) is 72.3 Å². The summed E-state index contributed by atoms with van der Waals surface area (Å²) < 4.78 is 12.1. The summed E-state index contributed by atoms with van der Waals surface area (Å²) >= 11 is 2.07. The number of carbonyl (C=O) groups excluding carboxylic acids is 3. The zero-order chi connectivity index (χ0) is 21.7. The molecule has 156 valence electrons. The Morgan fingerprint density at radius 2 is 1.87 bits per heavy atom. The summed E-state index contributed by atoms with van der Waals surface area (Å²) in [7, 11) is 0. The molecule has 1 aliphatic heterocycles. The lowest BCUT2D eigenvalue weighted by Gasteiger charge is -2.15. The summed E-state index contributed by atoms with van der Waals surface area (Å²) in [6, 6.07) is 10.3. The third kappa shape index (κ3) is 5.50. The molecule has 0 aliphatic carbocycles. The summed E-state index contributed by atoms with van der Waals surface area (Å²) in [5, 5.41) is 7.37. The molecule has 0 radical (unpaired) electrons. The molecule has 9 heteroatoms. The molecule has 8 nitrogen and oxygen atoms in total. The molecule has 1 heterocycles. The maximum atomic E-state index is 12.2. The molecule has 30 heavy (non-hydrogen) atoms. The molecule has 1 aliphatic rings. The first-order chi connectivity index (χ1) is 14.4. The highest BCUT2D eigenvalue weighted by Crippen LogP contribution is 2.35. The van der Waals surface area contributed by atoms with Crippen molar-refractivity contribution in [2.24, 2.45) is 0 Å². The van der Waals surface area contributed by atoms with E-state index in [1.54, 1.807) is 18.2 Å². The van der Waals surface area contributed by atoms with Crippen molar-refractivity contribution in [2.45, 2.75) is 13.8 Å². The van der Waals surface area contributed by atoms with Gasteiger partial charge in [0, 0.05) is 5.69 Å². The summed E-state index contributed by atoms with van der Waals surface area (Å²) in [6.45, 7) is 4.00. The fourth-order valence-corrected chi connectivity index (χ4v) is 3.48. The Bertz CT molecular complexity index is 1020. The Kier molecular flexibility index (Phi) is 6.93. The van der Waals surface area contributed by atoms with Crippen molar-refractivity contribution < 1.29 is 23.9 Å². The van der Waals surface area contributed by atoms with Crippen LogP contribution in [0.2, 0.25) is 0 Å². The minimum absolute atomic E-state index is 0.143. The molecule has 3 N–H and O–H groups in total. The lowest BCUT2D eigenvalue weighted by atomic mass is 10.1. The van der Waals surface area contributed by atoms with E-state index in [1.165, 1.54) is 0 Å². The predicted molar refractivity (Wildman–Crippen MR) is 120 cm³/mol. The highest BCUT2D eigenvalue weighted by Gasteiger charge is 2.23. The number of imide groups is 1. The van der Waals surface area contributed by atoms with Gasteiger partial charge in [0.1, 0.15) is 5.70 Å². The van der Waals surface area contributed by atoms with Crippen LogP contribution in [-0.2, 0) is 9.59 Å². The standard InChI is InChI=1S/C21H20IN3O5/c1-3-29-17-10-13(9-16-20(27)25-21(28)24-16)8-15(22)19(17)30-11-18(26)23-14-6-4-12(2)5-7-14/h4-10H,3,11H2,1-2H3,(H,23,26)(H2,24,25,27,28). The zero-order valence-electron chi connectivity index (χ0n) is 16.4. The molecular formula is C21H20IN3O5. The topological polar surface area (TPSA) is 106 Å². The number of amides is 4. The summed E-state index contributed by atoms with van der Waals surface area (Å²) in [5.74, 6) is 0.0670. The summed E-state index contributed by atoms with van der Waals surface area (Å²) in [5.41, 5.74) is 2.58. The summed E-state index contributed by atoms with van der Waals surface area (Å²) in [4.78, 5) is 35.2. The maximum Gasteiger partial charge on any atom is 0.326 e. The number of carbonyl (C=O) groups is 3. The number of halogens is 1. The molecule has 2 aromatic rings. The van der Waals surface area contributed by atoms with Gasteiger partial charge in [0.05, 0.1) is 10.2 Å². The molecule has 0 aromatic heterocycles. The molecule has 3 rings (SSSR count). The lowest BCUT2D eigenvalue weighted by Crippen LogP contribution is -2.22. The molecular weight excluding hydrogens is 501 g/mol. The van der Waals surface area contributed by atoms with E-state index in [1.807, 2.05) is 38.1 Å². The smallest absolute Gasteiger partial charge is 0.326 e. The van der Waals surface area contributed by atoms with Gasteiger partial charge in [-0.3, -0.25) is 14.9 Å². The number of benzene rings is 2. The van der Waals surface area contributed by atoms with E-state index in [4.69, 9.17) is 9.47 Å². The Balaban J connectivity index is 1.74. The Hall–Kier alpha value is -3.08. The van der Waals surface area contributed by atoms with E-state index < -0.39 is 11.9 Å². The van der Waals surface area contributed by atoms with Gasteiger partial charge in [0.15, 0.2) is 18.1 Å². The fraction of sp³-hybridized carbons (Fsp3) is 0.190. The van der Waals surface area contributed by atoms with Crippen molar-refractivity contribution in [1.82, 2.24) is 10.6 Å². The van der Waals surface area contributed by atoms with Gasteiger partial charge >= 0.3 is 6.03 Å². The predicted octanol–water partition coefficient (Wildman–Crippen LogP) is 3.20. The van der Waals surface area contributed by atoms with Crippen LogP contribution in [-0.4, -0.2) is 31.1 Å². The second kappa shape index (κ2) is 9.61. The quantitative estimate of drug-likeness (QED) is 0.295. The molecule has 0 bridgehead atoms. The number of hydrogen-bond donors (Lipinski definition) is 3. The van der Waals surface area contributed by atoms with Crippen LogP contribution in [0.3, 0.4) is 0 Å². The van der Waals surface area contributed by atoms with Gasteiger partial charge in [-0.1, -0.05) is 17.7 Å². The molecule has 0 spiro atoms. The Morgan fingerprint density at radius 3 is 2.50 bits per heavy atom. The average molecular weight is 521 g/mol. The van der Waals surface area contributed by atoms with Crippen molar-refractivity contribution >= 4 is 52.2 Å². The number of rotatable bonds is 7. The van der Waals surface area contributed by atoms with Gasteiger partial charge in [-0.15, -0.1) is 0 Å². The largest absolute Gasteiger partial charge is 0.490 e. The molecule has 0 unspecified atom stereocenters. The van der Waals surface area contributed by atoms with Crippen LogP contribution in [0.15, 0.2) is 42.1 Å². The van der Waals surface area contributed by atoms with Crippen LogP contribution < -0.4 is 25.4 Å². The minimum Gasteiger partial charge on any atom is -0.490 e. The van der Waals surface area contributed by atoms with E-state index in [0.717, 1.165) is 5.56 Å². The number of urea groups is 1. The molecule has 4 amide bonds. The number of anilines is 1. The SMILES string of the molecule is CCOc1cc(C=C2NC(=O)NC2=O)cc(I)c1OCC(=O)Nc1ccc(C)cc1. The van der Waals surface area contributed by atoms with Crippen LogP contribution in [0.1, 0.15) is 18.1 Å². The molecule has 1 fully saturated rings. The highest BCUT2D eigenvalue weighted by atomic mass is 127. The molecule has 0 atom stereocenters. The van der Waals surface area contributed by atoms with E-state index in [-0.39, 0.29) is 18.2 Å². The fourth-order valence-electron chi connectivity index (χ4n) is 2.70. The second-order valence-corrected chi connectivity index (χ2v) is 7.59. The van der Waals surface area contributed by atoms with Crippen LogP contribution in [0.4, 0.5) is 10.5 Å². The minimum atomic E-state index is -0.564. The Morgan fingerprint density at radius 1 is 1.13 bits per heavy atom. The average Bonchev–Trinajstić information content (AvgIpc) is 3.00. The number of nitrogens with one attached hydrogen (secondary N) is 3. The lowest BCUT2D eigenvalue weighted by molar-refractivity contribution is -0.118. The third-order valence-corrected chi connectivity index (χ3v) is 4.85.